The fourth-order valence-corrected chi connectivity index (χ4v) is 3.76. The summed E-state index contributed by atoms with van der Waals surface area (Å²) in [7, 11) is 2.98. The molecule has 1 aliphatic rings. The molecule has 0 bridgehead atoms. The molecule has 1 aliphatic heterocycles. The van der Waals surface area contributed by atoms with E-state index in [2.05, 4.69) is 4.98 Å². The molecule has 28 heavy (non-hydrogen) atoms. The average Bonchev–Trinajstić information content (AvgIpc) is 3.05. The van der Waals surface area contributed by atoms with Crippen molar-refractivity contribution in [2.75, 3.05) is 6.54 Å². The summed E-state index contributed by atoms with van der Waals surface area (Å²) in [4.78, 5) is 41.8. The van der Waals surface area contributed by atoms with E-state index >= 15 is 0 Å². The van der Waals surface area contributed by atoms with Gasteiger partial charge in [-0.05, 0) is 24.3 Å². The molecule has 0 spiro atoms. The third-order valence-corrected chi connectivity index (χ3v) is 5.36. The van der Waals surface area contributed by atoms with Crippen LogP contribution in [0.15, 0.2) is 40.1 Å². The van der Waals surface area contributed by atoms with Gasteiger partial charge in [0.15, 0.2) is 0 Å². The molecule has 0 aliphatic carbocycles. The van der Waals surface area contributed by atoms with Crippen molar-refractivity contribution >= 4 is 34.5 Å². The Balaban J connectivity index is 1.60. The van der Waals surface area contributed by atoms with Gasteiger partial charge in [0.05, 0.1) is 5.56 Å². The Bertz CT molecular complexity index is 1250. The summed E-state index contributed by atoms with van der Waals surface area (Å²) >= 11 is 6.12. The molecule has 8 heteroatoms. The van der Waals surface area contributed by atoms with Crippen LogP contribution in [0.1, 0.15) is 16.8 Å². The third-order valence-electron chi connectivity index (χ3n) is 5.13. The van der Waals surface area contributed by atoms with Crippen LogP contribution in [0.25, 0.3) is 17.0 Å². The number of aromatic nitrogens is 3. The molecule has 3 heterocycles. The maximum Gasteiger partial charge on any atom is 0.330 e. The number of nitrogens with one attached hydrogen (secondary N) is 1. The Morgan fingerprint density at radius 3 is 2.82 bits per heavy atom. The van der Waals surface area contributed by atoms with E-state index in [-0.39, 0.29) is 11.5 Å². The zero-order valence-electron chi connectivity index (χ0n) is 15.5. The molecule has 3 aromatic rings. The summed E-state index contributed by atoms with van der Waals surface area (Å²) in [5.74, 6) is -0.182. The van der Waals surface area contributed by atoms with E-state index in [1.165, 1.54) is 30.0 Å². The lowest BCUT2D eigenvalue weighted by atomic mass is 10.0. The van der Waals surface area contributed by atoms with Gasteiger partial charge in [-0.1, -0.05) is 11.6 Å². The number of H-pyrrole nitrogens is 1. The molecule has 144 valence electrons. The number of rotatable bonds is 2. The molecule has 7 nitrogen and oxygen atoms in total. The van der Waals surface area contributed by atoms with E-state index in [0.717, 1.165) is 33.1 Å². The Morgan fingerprint density at radius 1 is 1.25 bits per heavy atom. The number of hydrogen-bond acceptors (Lipinski definition) is 3. The number of benzene rings is 1. The topological polar surface area (TPSA) is 80.1 Å². The van der Waals surface area contributed by atoms with Crippen molar-refractivity contribution in [1.82, 2.24) is 19.0 Å². The quantitative estimate of drug-likeness (QED) is 0.668. The van der Waals surface area contributed by atoms with E-state index in [9.17, 15) is 14.4 Å². The van der Waals surface area contributed by atoms with Crippen LogP contribution in [0.4, 0.5) is 0 Å². The number of carbonyl (C=O) groups excluding carboxylic acids is 1. The number of fused-ring (bicyclic) bond motifs is 3. The molecule has 0 unspecified atom stereocenters. The van der Waals surface area contributed by atoms with Gasteiger partial charge in [0, 0.05) is 73.1 Å². The second kappa shape index (κ2) is 6.83. The lowest BCUT2D eigenvalue weighted by Crippen LogP contribution is -2.37. The summed E-state index contributed by atoms with van der Waals surface area (Å²) < 4.78 is 2.33. The average molecular weight is 399 g/mol. The highest BCUT2D eigenvalue weighted by molar-refractivity contribution is 6.31. The lowest BCUT2D eigenvalue weighted by Gasteiger charge is -2.26. The molecule has 0 radical (unpaired) electrons. The lowest BCUT2D eigenvalue weighted by molar-refractivity contribution is -0.126. The summed E-state index contributed by atoms with van der Waals surface area (Å²) in [5.41, 5.74) is 2.65. The molecular formula is C20H19ClN4O3. The van der Waals surface area contributed by atoms with E-state index < -0.39 is 11.2 Å². The maximum atomic E-state index is 12.7. The van der Waals surface area contributed by atoms with Crippen LogP contribution < -0.4 is 11.2 Å². The summed E-state index contributed by atoms with van der Waals surface area (Å²) in [6, 6.07) is 5.69. The predicted octanol–water partition coefficient (Wildman–Crippen LogP) is 1.82. The molecular weight excluding hydrogens is 380 g/mol. The van der Waals surface area contributed by atoms with Crippen molar-refractivity contribution in [3.63, 3.8) is 0 Å². The van der Waals surface area contributed by atoms with E-state index in [0.29, 0.717) is 18.1 Å². The number of hydrogen-bond donors (Lipinski definition) is 1. The van der Waals surface area contributed by atoms with Gasteiger partial charge < -0.3 is 14.5 Å². The van der Waals surface area contributed by atoms with Crippen molar-refractivity contribution in [2.45, 2.75) is 13.0 Å². The largest absolute Gasteiger partial charge is 0.358 e. The highest BCUT2D eigenvalue weighted by Gasteiger charge is 2.23. The minimum Gasteiger partial charge on any atom is -0.358 e. The van der Waals surface area contributed by atoms with Crippen LogP contribution in [-0.4, -0.2) is 31.5 Å². The molecule has 0 saturated carbocycles. The number of nitrogens with zero attached hydrogens (tertiary/aromatic N) is 3. The number of aryl methyl sites for hydroxylation is 1. The van der Waals surface area contributed by atoms with Crippen LogP contribution in [0.2, 0.25) is 5.02 Å². The van der Waals surface area contributed by atoms with Crippen molar-refractivity contribution < 1.29 is 4.79 Å². The van der Waals surface area contributed by atoms with Crippen LogP contribution in [0.3, 0.4) is 0 Å². The van der Waals surface area contributed by atoms with Crippen molar-refractivity contribution in [1.29, 1.82) is 0 Å². The molecule has 2 aromatic heterocycles. The van der Waals surface area contributed by atoms with Gasteiger partial charge in [0.2, 0.25) is 5.91 Å². The Labute approximate surface area is 165 Å². The molecule has 1 amide bonds. The second-order valence-electron chi connectivity index (χ2n) is 6.96. The van der Waals surface area contributed by atoms with Gasteiger partial charge >= 0.3 is 5.69 Å². The van der Waals surface area contributed by atoms with Gasteiger partial charge in [-0.3, -0.25) is 14.2 Å². The Hall–Kier alpha value is -3.06. The third kappa shape index (κ3) is 3.07. The normalized spacial score (nSPS) is 14.0. The monoisotopic (exact) mass is 398 g/mol. The Kier molecular flexibility index (Phi) is 4.47. The van der Waals surface area contributed by atoms with E-state index in [4.69, 9.17) is 11.6 Å². The van der Waals surface area contributed by atoms with Crippen molar-refractivity contribution in [2.24, 2.45) is 14.1 Å². The first-order chi connectivity index (χ1) is 13.3. The summed E-state index contributed by atoms with van der Waals surface area (Å²) in [6.07, 6.45) is 5.01. The number of halogens is 1. The van der Waals surface area contributed by atoms with Gasteiger partial charge in [0.1, 0.15) is 0 Å². The first kappa shape index (κ1) is 18.3. The summed E-state index contributed by atoms with van der Waals surface area (Å²) in [6.45, 7) is 1.06. The van der Waals surface area contributed by atoms with Crippen LogP contribution in [0.5, 0.6) is 0 Å². The fourth-order valence-electron chi connectivity index (χ4n) is 3.59. The van der Waals surface area contributed by atoms with E-state index in [1.54, 1.807) is 11.9 Å². The first-order valence-corrected chi connectivity index (χ1v) is 9.25. The first-order valence-electron chi connectivity index (χ1n) is 8.88. The van der Waals surface area contributed by atoms with Crippen molar-refractivity contribution in [3.8, 4) is 0 Å². The standard InChI is InChI=1S/C20H19ClN4O3/c1-23-10-12(19(27)24(2)20(23)28)3-6-18(26)25-8-7-17-15(11-25)14-9-13(21)4-5-16(14)22-17/h3-6,9-10,22H,7-8,11H2,1-2H3/b6-3+. The molecule has 0 fully saturated rings. The molecule has 1 N–H and O–H groups in total. The highest BCUT2D eigenvalue weighted by atomic mass is 35.5. The van der Waals surface area contributed by atoms with Gasteiger partial charge in [-0.15, -0.1) is 0 Å². The SMILES string of the molecule is Cn1cc(/C=C/C(=O)N2CCc3[nH]c4ccc(Cl)cc4c3C2)c(=O)n(C)c1=O. The second-order valence-corrected chi connectivity index (χ2v) is 7.39. The predicted molar refractivity (Wildman–Crippen MR) is 108 cm³/mol. The van der Waals surface area contributed by atoms with E-state index in [1.807, 2.05) is 18.2 Å². The molecule has 0 atom stereocenters. The maximum absolute atomic E-state index is 12.7. The fraction of sp³-hybridized carbons (Fsp3) is 0.250. The van der Waals surface area contributed by atoms with Crippen molar-refractivity contribution in [3.05, 3.63) is 73.2 Å². The minimum atomic E-state index is -0.431. The van der Waals surface area contributed by atoms with Crippen LogP contribution in [-0.2, 0) is 31.9 Å². The number of carbonyl (C=O) groups is 1. The molecule has 0 saturated heterocycles. The zero-order chi connectivity index (χ0) is 20.0. The molecule has 1 aromatic carbocycles. The highest BCUT2D eigenvalue weighted by Crippen LogP contribution is 2.29. The Morgan fingerprint density at radius 2 is 2.04 bits per heavy atom. The van der Waals surface area contributed by atoms with Gasteiger partial charge in [0.25, 0.3) is 5.56 Å². The number of aromatic amines is 1. The molecule has 4 rings (SSSR count). The van der Waals surface area contributed by atoms with Gasteiger partial charge in [-0.25, -0.2) is 4.79 Å². The zero-order valence-corrected chi connectivity index (χ0v) is 16.3. The van der Waals surface area contributed by atoms with Gasteiger partial charge in [-0.2, -0.15) is 0 Å². The number of amides is 1. The summed E-state index contributed by atoms with van der Waals surface area (Å²) in [5, 5.41) is 1.68. The van der Waals surface area contributed by atoms with Crippen LogP contribution >= 0.6 is 11.6 Å². The minimum absolute atomic E-state index is 0.182. The van der Waals surface area contributed by atoms with Crippen LogP contribution in [0, 0.1) is 0 Å². The smallest absolute Gasteiger partial charge is 0.330 e.